The molecule has 2 heterocycles. The van der Waals surface area contributed by atoms with Gasteiger partial charge in [0.2, 0.25) is 5.82 Å². The zero-order valence-corrected chi connectivity index (χ0v) is 11.7. The molecule has 0 radical (unpaired) electrons. The second kappa shape index (κ2) is 5.51. The largest absolute Gasteiger partial charge is 0.491 e. The molecule has 3 rings (SSSR count). The highest BCUT2D eigenvalue weighted by Crippen LogP contribution is 2.20. The molecule has 0 aliphatic carbocycles. The molecule has 3 aromatic rings. The van der Waals surface area contributed by atoms with Crippen molar-refractivity contribution < 1.29 is 13.9 Å². The van der Waals surface area contributed by atoms with Crippen LogP contribution in [0.4, 0.5) is 8.78 Å². The number of nitrogens with zero attached hydrogens (tertiary/aromatic N) is 4. The summed E-state index contributed by atoms with van der Waals surface area (Å²) in [7, 11) is 1.76. The van der Waals surface area contributed by atoms with E-state index in [2.05, 4.69) is 15.0 Å². The molecule has 0 aliphatic rings. The first kappa shape index (κ1) is 14.1. The Kier molecular flexibility index (Phi) is 3.54. The van der Waals surface area contributed by atoms with Crippen LogP contribution in [0.1, 0.15) is 11.4 Å². The van der Waals surface area contributed by atoms with E-state index in [1.807, 2.05) is 0 Å². The lowest BCUT2D eigenvalue weighted by Crippen LogP contribution is -2.00. The van der Waals surface area contributed by atoms with Crippen molar-refractivity contribution in [1.82, 2.24) is 19.5 Å². The molecular formula is C15H12F2N4O. The maximum Gasteiger partial charge on any atom is 0.251 e. The Bertz CT molecular complexity index is 832. The fourth-order valence-corrected chi connectivity index (χ4v) is 2.07. The van der Waals surface area contributed by atoms with Crippen LogP contribution in [0.15, 0.2) is 36.7 Å². The van der Waals surface area contributed by atoms with Gasteiger partial charge in [0.1, 0.15) is 17.3 Å². The van der Waals surface area contributed by atoms with Gasteiger partial charge in [-0.15, -0.1) is 0 Å². The maximum absolute atomic E-state index is 13.7. The van der Waals surface area contributed by atoms with Gasteiger partial charge in [-0.1, -0.05) is 18.2 Å². The lowest BCUT2D eigenvalue weighted by Gasteiger charge is -2.02. The highest BCUT2D eigenvalue weighted by atomic mass is 19.1. The predicted octanol–water partition coefficient (Wildman–Crippen LogP) is 2.45. The molecule has 0 aliphatic heterocycles. The van der Waals surface area contributed by atoms with Crippen molar-refractivity contribution in [3.05, 3.63) is 59.7 Å². The molecule has 2 aromatic heterocycles. The van der Waals surface area contributed by atoms with E-state index in [0.29, 0.717) is 23.5 Å². The number of rotatable bonds is 3. The number of aromatic hydroxyl groups is 1. The van der Waals surface area contributed by atoms with Crippen molar-refractivity contribution in [3.8, 4) is 17.4 Å². The van der Waals surface area contributed by atoms with Gasteiger partial charge in [-0.3, -0.25) is 0 Å². The third kappa shape index (κ3) is 2.65. The summed E-state index contributed by atoms with van der Waals surface area (Å²) in [5.74, 6) is -1.22. The van der Waals surface area contributed by atoms with Crippen LogP contribution in [0.2, 0.25) is 0 Å². The molecule has 0 fully saturated rings. The van der Waals surface area contributed by atoms with Gasteiger partial charge >= 0.3 is 0 Å². The summed E-state index contributed by atoms with van der Waals surface area (Å²) in [6, 6.07) is 6.45. The molecule has 7 heteroatoms. The molecule has 0 bridgehead atoms. The lowest BCUT2D eigenvalue weighted by atomic mass is 10.1. The van der Waals surface area contributed by atoms with Crippen LogP contribution in [0, 0.1) is 11.6 Å². The van der Waals surface area contributed by atoms with Gasteiger partial charge in [0, 0.05) is 19.7 Å². The van der Waals surface area contributed by atoms with Gasteiger partial charge in [-0.2, -0.15) is 9.37 Å². The second-order valence-electron chi connectivity index (χ2n) is 4.79. The quantitative estimate of drug-likeness (QED) is 0.807. The molecule has 0 amide bonds. The smallest absolute Gasteiger partial charge is 0.251 e. The van der Waals surface area contributed by atoms with Crippen LogP contribution in [-0.4, -0.2) is 24.6 Å². The topological polar surface area (TPSA) is 63.8 Å². The zero-order chi connectivity index (χ0) is 15.7. The Labute approximate surface area is 124 Å². The third-order valence-electron chi connectivity index (χ3n) is 3.23. The van der Waals surface area contributed by atoms with E-state index in [0.717, 1.165) is 6.20 Å². The number of imidazole rings is 1. The number of halogens is 2. The molecule has 0 spiro atoms. The van der Waals surface area contributed by atoms with Crippen molar-refractivity contribution in [2.45, 2.75) is 6.42 Å². The van der Waals surface area contributed by atoms with Crippen LogP contribution in [0.25, 0.3) is 11.5 Å². The van der Waals surface area contributed by atoms with Crippen LogP contribution in [-0.2, 0) is 13.5 Å². The summed E-state index contributed by atoms with van der Waals surface area (Å²) in [6.07, 6.45) is 2.82. The van der Waals surface area contributed by atoms with Crippen LogP contribution < -0.4 is 0 Å². The van der Waals surface area contributed by atoms with E-state index in [4.69, 9.17) is 0 Å². The minimum absolute atomic E-state index is 0.106. The van der Waals surface area contributed by atoms with Crippen molar-refractivity contribution in [2.24, 2.45) is 7.05 Å². The Morgan fingerprint density at radius 2 is 1.91 bits per heavy atom. The van der Waals surface area contributed by atoms with Crippen molar-refractivity contribution in [3.63, 3.8) is 0 Å². The van der Waals surface area contributed by atoms with Crippen molar-refractivity contribution in [1.29, 1.82) is 0 Å². The van der Waals surface area contributed by atoms with Gasteiger partial charge in [-0.25, -0.2) is 14.4 Å². The summed E-state index contributed by atoms with van der Waals surface area (Å²) < 4.78 is 28.4. The number of benzene rings is 1. The van der Waals surface area contributed by atoms with Crippen LogP contribution in [0.3, 0.4) is 0 Å². The van der Waals surface area contributed by atoms with E-state index in [9.17, 15) is 13.9 Å². The van der Waals surface area contributed by atoms with Gasteiger partial charge in [0.05, 0.1) is 6.20 Å². The van der Waals surface area contributed by atoms with Crippen molar-refractivity contribution in [2.75, 3.05) is 0 Å². The predicted molar refractivity (Wildman–Crippen MR) is 75.1 cm³/mol. The Morgan fingerprint density at radius 3 is 2.64 bits per heavy atom. The first-order chi connectivity index (χ1) is 10.5. The van der Waals surface area contributed by atoms with E-state index in [1.54, 1.807) is 36.0 Å². The first-order valence-corrected chi connectivity index (χ1v) is 6.52. The van der Waals surface area contributed by atoms with Crippen LogP contribution in [0.5, 0.6) is 5.88 Å². The van der Waals surface area contributed by atoms with Gasteiger partial charge in [0.15, 0.2) is 5.82 Å². The van der Waals surface area contributed by atoms with E-state index >= 15 is 0 Å². The number of hydrogen-bond donors (Lipinski definition) is 1. The Morgan fingerprint density at radius 1 is 1.14 bits per heavy atom. The van der Waals surface area contributed by atoms with Crippen molar-refractivity contribution >= 4 is 0 Å². The summed E-state index contributed by atoms with van der Waals surface area (Å²) in [6.45, 7) is 0. The summed E-state index contributed by atoms with van der Waals surface area (Å²) in [4.78, 5) is 11.8. The molecule has 22 heavy (non-hydrogen) atoms. The number of aromatic nitrogens is 4. The summed E-state index contributed by atoms with van der Waals surface area (Å²) >= 11 is 0. The summed E-state index contributed by atoms with van der Waals surface area (Å²) in [5.41, 5.74) is 0.898. The number of aryl methyl sites for hydroxylation is 1. The normalized spacial score (nSPS) is 10.9. The fourth-order valence-electron chi connectivity index (χ4n) is 2.07. The van der Waals surface area contributed by atoms with Gasteiger partial charge in [0.25, 0.3) is 5.88 Å². The zero-order valence-electron chi connectivity index (χ0n) is 11.7. The van der Waals surface area contributed by atoms with E-state index < -0.39 is 11.7 Å². The van der Waals surface area contributed by atoms with Gasteiger partial charge in [-0.05, 0) is 11.6 Å². The summed E-state index contributed by atoms with van der Waals surface area (Å²) in [5, 5.41) is 9.30. The monoisotopic (exact) mass is 302 g/mol. The third-order valence-corrected chi connectivity index (χ3v) is 3.23. The molecule has 1 N–H and O–H groups in total. The minimum atomic E-state index is -0.897. The van der Waals surface area contributed by atoms with E-state index in [-0.39, 0.29) is 11.6 Å². The fraction of sp³-hybridized carbons (Fsp3) is 0.133. The molecular weight excluding hydrogens is 290 g/mol. The number of hydrogen-bond acceptors (Lipinski definition) is 4. The average molecular weight is 302 g/mol. The highest BCUT2D eigenvalue weighted by molar-refractivity contribution is 5.49. The molecule has 0 unspecified atom stereocenters. The minimum Gasteiger partial charge on any atom is -0.491 e. The maximum atomic E-state index is 13.7. The lowest BCUT2D eigenvalue weighted by molar-refractivity contribution is 0.409. The molecule has 112 valence electrons. The Balaban J connectivity index is 1.94. The second-order valence-corrected chi connectivity index (χ2v) is 4.79. The highest BCUT2D eigenvalue weighted by Gasteiger charge is 2.13. The van der Waals surface area contributed by atoms with Crippen LogP contribution >= 0.6 is 0 Å². The average Bonchev–Trinajstić information content (AvgIpc) is 2.85. The molecule has 0 saturated heterocycles. The SMILES string of the molecule is Cn1cc(-c2ncc(F)c(O)n2)nc1Cc1ccccc1F. The first-order valence-electron chi connectivity index (χ1n) is 6.52. The standard InChI is InChI=1S/C15H12F2N4O/c1-21-8-12(14-18-7-11(17)15(22)20-14)19-13(21)6-9-4-2-3-5-10(9)16/h2-5,7-8H,6H2,1H3,(H,18,20,22). The molecule has 1 aromatic carbocycles. The molecule has 0 atom stereocenters. The molecule has 5 nitrogen and oxygen atoms in total. The molecule has 0 saturated carbocycles. The Hall–Kier alpha value is -2.83. The van der Waals surface area contributed by atoms with Gasteiger partial charge < -0.3 is 9.67 Å². The van der Waals surface area contributed by atoms with E-state index in [1.165, 1.54) is 6.07 Å².